The van der Waals surface area contributed by atoms with Crippen molar-refractivity contribution in [2.75, 3.05) is 13.1 Å². The Morgan fingerprint density at radius 3 is 2.44 bits per heavy atom. The molecule has 0 bridgehead atoms. The Labute approximate surface area is 158 Å². The van der Waals surface area contributed by atoms with E-state index in [1.165, 1.54) is 24.3 Å². The average molecular weight is 372 g/mol. The van der Waals surface area contributed by atoms with Crippen LogP contribution in [0.1, 0.15) is 48.9 Å². The van der Waals surface area contributed by atoms with Crippen LogP contribution in [0.25, 0.3) is 0 Å². The lowest BCUT2D eigenvalue weighted by atomic mass is 9.91. The maximum atomic E-state index is 12.9. The highest BCUT2D eigenvalue weighted by Crippen LogP contribution is 2.20. The molecule has 27 heavy (non-hydrogen) atoms. The maximum Gasteiger partial charge on any atom is 0.251 e. The first-order chi connectivity index (χ1) is 13.1. The number of halogens is 1. The monoisotopic (exact) mass is 372 g/mol. The number of nitrogens with one attached hydrogen (secondary N) is 2. The molecular weight excluding hydrogens is 347 g/mol. The Hall–Kier alpha value is -2.46. The molecule has 1 aromatic carbocycles. The maximum absolute atomic E-state index is 12.9. The van der Waals surface area contributed by atoms with E-state index in [9.17, 15) is 14.0 Å². The van der Waals surface area contributed by atoms with E-state index < -0.39 is 0 Å². The topological polar surface area (TPSA) is 85.2 Å². The summed E-state index contributed by atoms with van der Waals surface area (Å²) in [4.78, 5) is 26.1. The molecule has 1 unspecified atom stereocenters. The molecule has 2 fully saturated rings. The second kappa shape index (κ2) is 8.96. The third-order valence-corrected chi connectivity index (χ3v) is 5.43. The largest absolute Gasteiger partial charge is 0.349 e. The Morgan fingerprint density at radius 2 is 1.78 bits per heavy atom. The molecule has 0 aromatic heterocycles. The van der Waals surface area contributed by atoms with Crippen molar-refractivity contribution in [3.63, 3.8) is 0 Å². The van der Waals surface area contributed by atoms with Crippen LogP contribution in [0.3, 0.4) is 0 Å². The molecule has 2 amide bonds. The van der Waals surface area contributed by atoms with E-state index in [4.69, 9.17) is 5.26 Å². The van der Waals surface area contributed by atoms with Crippen molar-refractivity contribution in [1.29, 1.82) is 5.26 Å². The van der Waals surface area contributed by atoms with Gasteiger partial charge in [-0.2, -0.15) is 5.26 Å². The summed E-state index contributed by atoms with van der Waals surface area (Å²) in [6.45, 7) is 0.927. The number of hydrogen-bond acceptors (Lipinski definition) is 4. The number of likely N-dealkylation sites (tertiary alicyclic amines) is 1. The van der Waals surface area contributed by atoms with Crippen molar-refractivity contribution in [3.05, 3.63) is 35.6 Å². The SMILES string of the molecule is N#CC1CCCN1C(=O)CNC1CCC(NC(=O)c2ccc(F)cc2)CC1. The summed E-state index contributed by atoms with van der Waals surface area (Å²) in [5.74, 6) is -0.549. The quantitative estimate of drug-likeness (QED) is 0.828. The zero-order valence-corrected chi connectivity index (χ0v) is 15.3. The highest BCUT2D eigenvalue weighted by Gasteiger charge is 2.29. The molecule has 1 aromatic rings. The van der Waals surface area contributed by atoms with Crippen LogP contribution in [0.5, 0.6) is 0 Å². The lowest BCUT2D eigenvalue weighted by Gasteiger charge is -2.30. The zero-order valence-electron chi connectivity index (χ0n) is 15.3. The Balaban J connectivity index is 1.39. The van der Waals surface area contributed by atoms with Gasteiger partial charge in [-0.1, -0.05) is 0 Å². The van der Waals surface area contributed by atoms with Crippen LogP contribution in [0.15, 0.2) is 24.3 Å². The van der Waals surface area contributed by atoms with Crippen molar-refractivity contribution < 1.29 is 14.0 Å². The fourth-order valence-corrected chi connectivity index (χ4v) is 3.84. The fourth-order valence-electron chi connectivity index (χ4n) is 3.84. The van der Waals surface area contributed by atoms with Crippen molar-refractivity contribution in [3.8, 4) is 6.07 Å². The van der Waals surface area contributed by atoms with Gasteiger partial charge in [0.1, 0.15) is 11.9 Å². The first-order valence-electron chi connectivity index (χ1n) is 9.55. The number of nitriles is 1. The summed E-state index contributed by atoms with van der Waals surface area (Å²) in [6.07, 6.45) is 5.09. The third-order valence-electron chi connectivity index (χ3n) is 5.43. The third kappa shape index (κ3) is 5.04. The summed E-state index contributed by atoms with van der Waals surface area (Å²) >= 11 is 0. The van der Waals surface area contributed by atoms with E-state index in [1.807, 2.05) is 0 Å². The van der Waals surface area contributed by atoms with Crippen LogP contribution < -0.4 is 10.6 Å². The minimum absolute atomic E-state index is 0.00853. The number of rotatable bonds is 5. The number of carbonyl (C=O) groups is 2. The van der Waals surface area contributed by atoms with Crippen LogP contribution in [-0.2, 0) is 4.79 Å². The van der Waals surface area contributed by atoms with Crippen molar-refractivity contribution in [1.82, 2.24) is 15.5 Å². The summed E-state index contributed by atoms with van der Waals surface area (Å²) in [7, 11) is 0. The van der Waals surface area contributed by atoms with Gasteiger partial charge >= 0.3 is 0 Å². The normalized spacial score (nSPS) is 25.0. The van der Waals surface area contributed by atoms with Gasteiger partial charge in [-0.15, -0.1) is 0 Å². The minimum atomic E-state index is -0.359. The van der Waals surface area contributed by atoms with Crippen molar-refractivity contribution in [2.45, 2.75) is 56.7 Å². The summed E-state index contributed by atoms with van der Waals surface area (Å²) < 4.78 is 12.9. The molecule has 0 spiro atoms. The van der Waals surface area contributed by atoms with Gasteiger partial charge in [0.05, 0.1) is 12.6 Å². The zero-order chi connectivity index (χ0) is 19.2. The van der Waals surface area contributed by atoms with E-state index in [2.05, 4.69) is 16.7 Å². The smallest absolute Gasteiger partial charge is 0.251 e. The van der Waals surface area contributed by atoms with Gasteiger partial charge in [-0.3, -0.25) is 9.59 Å². The lowest BCUT2D eigenvalue weighted by molar-refractivity contribution is -0.130. The van der Waals surface area contributed by atoms with Gasteiger partial charge in [-0.05, 0) is 62.8 Å². The summed E-state index contributed by atoms with van der Waals surface area (Å²) in [5, 5.41) is 15.4. The van der Waals surface area contributed by atoms with Crippen LogP contribution >= 0.6 is 0 Å². The van der Waals surface area contributed by atoms with E-state index in [0.29, 0.717) is 12.1 Å². The minimum Gasteiger partial charge on any atom is -0.349 e. The standard InChI is InChI=1S/C20H25FN4O2/c21-15-5-3-14(4-6-15)20(27)24-17-9-7-16(8-10-17)23-13-19(26)25-11-1-2-18(25)12-22/h3-6,16-18,23H,1-2,7-11,13H2,(H,24,27). The molecule has 1 atom stereocenters. The van der Waals surface area contributed by atoms with Gasteiger partial charge in [0, 0.05) is 24.2 Å². The molecule has 6 nitrogen and oxygen atoms in total. The fraction of sp³-hybridized carbons (Fsp3) is 0.550. The highest BCUT2D eigenvalue weighted by molar-refractivity contribution is 5.94. The van der Waals surface area contributed by atoms with Gasteiger partial charge in [0.2, 0.25) is 5.91 Å². The molecule has 2 N–H and O–H groups in total. The Kier molecular flexibility index (Phi) is 6.40. The second-order valence-electron chi connectivity index (χ2n) is 7.28. The molecule has 1 saturated carbocycles. The van der Waals surface area contributed by atoms with Crippen LogP contribution in [0.4, 0.5) is 4.39 Å². The molecule has 1 heterocycles. The van der Waals surface area contributed by atoms with Crippen LogP contribution in [0, 0.1) is 17.1 Å². The van der Waals surface area contributed by atoms with E-state index in [1.54, 1.807) is 4.90 Å². The van der Waals surface area contributed by atoms with Gasteiger partial charge in [-0.25, -0.2) is 4.39 Å². The van der Waals surface area contributed by atoms with E-state index in [-0.39, 0.29) is 42.3 Å². The van der Waals surface area contributed by atoms with E-state index >= 15 is 0 Å². The highest BCUT2D eigenvalue weighted by atomic mass is 19.1. The number of hydrogen-bond donors (Lipinski definition) is 2. The molecule has 1 aliphatic heterocycles. The number of nitrogens with zero attached hydrogens (tertiary/aromatic N) is 2. The first kappa shape index (κ1) is 19.3. The van der Waals surface area contributed by atoms with Gasteiger partial charge < -0.3 is 15.5 Å². The summed E-state index contributed by atoms with van der Waals surface area (Å²) in [6, 6.07) is 7.78. The molecular formula is C20H25FN4O2. The lowest BCUT2D eigenvalue weighted by Crippen LogP contribution is -2.46. The van der Waals surface area contributed by atoms with Crippen LogP contribution in [-0.4, -0.2) is 47.9 Å². The van der Waals surface area contributed by atoms with Crippen LogP contribution in [0.2, 0.25) is 0 Å². The van der Waals surface area contributed by atoms with Gasteiger partial charge in [0.25, 0.3) is 5.91 Å². The number of benzene rings is 1. The molecule has 1 aliphatic carbocycles. The molecule has 0 radical (unpaired) electrons. The van der Waals surface area contributed by atoms with Gasteiger partial charge in [0.15, 0.2) is 0 Å². The Morgan fingerprint density at radius 1 is 1.11 bits per heavy atom. The molecule has 1 saturated heterocycles. The predicted molar refractivity (Wildman–Crippen MR) is 98.3 cm³/mol. The Bertz CT molecular complexity index is 708. The molecule has 7 heteroatoms. The molecule has 3 rings (SSSR count). The molecule has 144 valence electrons. The number of amides is 2. The van der Waals surface area contributed by atoms with Crippen molar-refractivity contribution in [2.24, 2.45) is 0 Å². The van der Waals surface area contributed by atoms with Crippen molar-refractivity contribution >= 4 is 11.8 Å². The average Bonchev–Trinajstić information content (AvgIpc) is 3.16. The summed E-state index contributed by atoms with van der Waals surface area (Å²) in [5.41, 5.74) is 0.458. The molecule has 2 aliphatic rings. The van der Waals surface area contributed by atoms with E-state index in [0.717, 1.165) is 38.5 Å². The second-order valence-corrected chi connectivity index (χ2v) is 7.28. The number of carbonyl (C=O) groups excluding carboxylic acids is 2. The first-order valence-corrected chi connectivity index (χ1v) is 9.55. The predicted octanol–water partition coefficient (Wildman–Crippen LogP) is 1.97.